The van der Waals surface area contributed by atoms with Gasteiger partial charge in [-0.3, -0.25) is 4.79 Å². The lowest BCUT2D eigenvalue weighted by molar-refractivity contribution is 0.0847. The van der Waals surface area contributed by atoms with E-state index in [1.165, 1.54) is 0 Å². The van der Waals surface area contributed by atoms with Gasteiger partial charge < -0.3 is 5.73 Å². The fourth-order valence-corrected chi connectivity index (χ4v) is 1.40. The van der Waals surface area contributed by atoms with E-state index >= 15 is 0 Å². The average Bonchev–Trinajstić information content (AvgIpc) is 2.21. The number of rotatable bonds is 3. The Morgan fingerprint density at radius 3 is 2.53 bits per heavy atom. The predicted molar refractivity (Wildman–Crippen MR) is 63.4 cm³/mol. The second-order valence-corrected chi connectivity index (χ2v) is 4.79. The Bertz CT molecular complexity index is 385. The highest BCUT2D eigenvalue weighted by Gasteiger charge is 2.27. The lowest BCUT2D eigenvalue weighted by Crippen LogP contribution is -2.32. The highest BCUT2D eigenvalue weighted by atomic mass is 35.5. The molecule has 0 spiro atoms. The first-order valence-corrected chi connectivity index (χ1v) is 5.27. The summed E-state index contributed by atoms with van der Waals surface area (Å²) < 4.78 is 0. The third kappa shape index (κ3) is 2.58. The van der Waals surface area contributed by atoms with Gasteiger partial charge in [-0.1, -0.05) is 37.6 Å². The number of hydrogen-bond donors (Lipinski definition) is 1. The summed E-state index contributed by atoms with van der Waals surface area (Å²) in [6.07, 6.45) is 0. The van der Waals surface area contributed by atoms with Crippen LogP contribution in [-0.4, -0.2) is 12.3 Å². The molecule has 1 aromatic rings. The lowest BCUT2D eigenvalue weighted by atomic mass is 9.84. The van der Waals surface area contributed by atoms with Crippen molar-refractivity contribution in [1.82, 2.24) is 0 Å². The second kappa shape index (κ2) is 4.33. The van der Waals surface area contributed by atoms with Crippen molar-refractivity contribution in [3.05, 3.63) is 34.3 Å². The van der Waals surface area contributed by atoms with Crippen LogP contribution < -0.4 is 5.73 Å². The third-order valence-electron chi connectivity index (χ3n) is 2.56. The van der Waals surface area contributed by atoms with E-state index in [-0.39, 0.29) is 5.78 Å². The molecule has 0 fully saturated rings. The summed E-state index contributed by atoms with van der Waals surface area (Å²) in [5, 5.41) is 0.619. The van der Waals surface area contributed by atoms with Crippen molar-refractivity contribution in [1.29, 1.82) is 0 Å². The molecule has 0 radical (unpaired) electrons. The second-order valence-electron chi connectivity index (χ2n) is 4.38. The van der Waals surface area contributed by atoms with Crippen LogP contribution >= 0.6 is 11.6 Å². The minimum atomic E-state index is -0.529. The molecule has 2 N–H and O–H groups in total. The van der Waals surface area contributed by atoms with E-state index in [1.807, 2.05) is 26.8 Å². The van der Waals surface area contributed by atoms with Gasteiger partial charge in [-0.2, -0.15) is 0 Å². The van der Waals surface area contributed by atoms with Gasteiger partial charge in [0.05, 0.1) is 0 Å². The van der Waals surface area contributed by atoms with Crippen LogP contribution in [0.3, 0.4) is 0 Å². The van der Waals surface area contributed by atoms with Crippen molar-refractivity contribution in [3.8, 4) is 0 Å². The quantitative estimate of drug-likeness (QED) is 0.804. The molecule has 0 saturated carbocycles. The summed E-state index contributed by atoms with van der Waals surface area (Å²) in [4.78, 5) is 12.0. The highest BCUT2D eigenvalue weighted by molar-refractivity contribution is 6.31. The van der Waals surface area contributed by atoms with Gasteiger partial charge >= 0.3 is 0 Å². The number of benzene rings is 1. The van der Waals surface area contributed by atoms with Crippen molar-refractivity contribution < 1.29 is 4.79 Å². The molecule has 3 heteroatoms. The molecular formula is C12H16ClNO. The van der Waals surface area contributed by atoms with Crippen LogP contribution in [0.1, 0.15) is 29.8 Å². The molecule has 1 aromatic carbocycles. The number of aryl methyl sites for hydroxylation is 1. The Balaban J connectivity index is 3.08. The normalized spacial score (nSPS) is 11.5. The summed E-state index contributed by atoms with van der Waals surface area (Å²) >= 11 is 5.97. The zero-order chi connectivity index (χ0) is 11.6. The number of ketones is 1. The Kier molecular flexibility index (Phi) is 3.53. The molecule has 0 aromatic heterocycles. The maximum Gasteiger partial charge on any atom is 0.169 e. The number of Topliss-reactive ketones (excluding diaryl/α,β-unsaturated/α-hetero) is 1. The smallest absolute Gasteiger partial charge is 0.169 e. The van der Waals surface area contributed by atoms with Crippen LogP contribution in [-0.2, 0) is 0 Å². The Hall–Kier alpha value is -0.860. The number of halogens is 1. The van der Waals surface area contributed by atoms with Gasteiger partial charge in [-0.05, 0) is 18.6 Å². The van der Waals surface area contributed by atoms with E-state index in [9.17, 15) is 4.79 Å². The van der Waals surface area contributed by atoms with E-state index < -0.39 is 5.41 Å². The summed E-state index contributed by atoms with van der Waals surface area (Å²) in [6, 6.07) is 5.35. The van der Waals surface area contributed by atoms with Gasteiger partial charge in [-0.25, -0.2) is 0 Å². The van der Waals surface area contributed by atoms with E-state index in [4.69, 9.17) is 17.3 Å². The molecule has 15 heavy (non-hydrogen) atoms. The number of carbonyl (C=O) groups is 1. The first-order chi connectivity index (χ1) is 6.88. The fourth-order valence-electron chi connectivity index (χ4n) is 1.22. The topological polar surface area (TPSA) is 43.1 Å². The fraction of sp³-hybridized carbons (Fsp3) is 0.417. The van der Waals surface area contributed by atoms with Crippen LogP contribution in [0.5, 0.6) is 0 Å². The summed E-state index contributed by atoms with van der Waals surface area (Å²) in [5.41, 5.74) is 6.63. The van der Waals surface area contributed by atoms with Crippen molar-refractivity contribution in [2.75, 3.05) is 6.54 Å². The van der Waals surface area contributed by atoms with E-state index in [0.29, 0.717) is 17.1 Å². The van der Waals surface area contributed by atoms with Gasteiger partial charge in [-0.15, -0.1) is 0 Å². The monoisotopic (exact) mass is 225 g/mol. The van der Waals surface area contributed by atoms with Crippen LogP contribution in [0.15, 0.2) is 18.2 Å². The highest BCUT2D eigenvalue weighted by Crippen LogP contribution is 2.24. The molecule has 0 atom stereocenters. The Morgan fingerprint density at radius 2 is 2.07 bits per heavy atom. The van der Waals surface area contributed by atoms with Crippen molar-refractivity contribution in [3.63, 3.8) is 0 Å². The van der Waals surface area contributed by atoms with Gasteiger partial charge in [0, 0.05) is 22.5 Å². The maximum absolute atomic E-state index is 12.0. The molecule has 82 valence electrons. The molecule has 0 saturated heterocycles. The lowest BCUT2D eigenvalue weighted by Gasteiger charge is -2.20. The summed E-state index contributed by atoms with van der Waals surface area (Å²) in [6.45, 7) is 5.91. The molecule has 0 amide bonds. The Morgan fingerprint density at radius 1 is 1.47 bits per heavy atom. The van der Waals surface area contributed by atoms with E-state index in [0.717, 1.165) is 5.56 Å². The van der Waals surface area contributed by atoms with Crippen LogP contribution in [0.4, 0.5) is 0 Å². The maximum atomic E-state index is 12.0. The molecule has 0 aliphatic heterocycles. The van der Waals surface area contributed by atoms with Crippen LogP contribution in [0.25, 0.3) is 0 Å². The van der Waals surface area contributed by atoms with E-state index in [1.54, 1.807) is 12.1 Å². The van der Waals surface area contributed by atoms with Gasteiger partial charge in [0.15, 0.2) is 5.78 Å². The van der Waals surface area contributed by atoms with Crippen molar-refractivity contribution in [2.24, 2.45) is 11.1 Å². The number of nitrogens with two attached hydrogens (primary N) is 1. The zero-order valence-electron chi connectivity index (χ0n) is 9.30. The minimum absolute atomic E-state index is 0.0342. The molecule has 0 aliphatic rings. The SMILES string of the molecule is Cc1ccc(C(=O)C(C)(C)CN)cc1Cl. The first kappa shape index (κ1) is 12.2. The average molecular weight is 226 g/mol. The van der Waals surface area contributed by atoms with Gasteiger partial charge in [0.2, 0.25) is 0 Å². The van der Waals surface area contributed by atoms with Gasteiger partial charge in [0.25, 0.3) is 0 Å². The third-order valence-corrected chi connectivity index (χ3v) is 2.97. The zero-order valence-corrected chi connectivity index (χ0v) is 10.1. The molecule has 0 heterocycles. The number of hydrogen-bond acceptors (Lipinski definition) is 2. The molecule has 0 aliphatic carbocycles. The minimum Gasteiger partial charge on any atom is -0.329 e. The van der Waals surface area contributed by atoms with Crippen LogP contribution in [0, 0.1) is 12.3 Å². The molecule has 1 rings (SSSR count). The predicted octanol–water partition coefficient (Wildman–Crippen LogP) is 2.82. The van der Waals surface area contributed by atoms with Gasteiger partial charge in [0.1, 0.15) is 0 Å². The molecule has 0 bridgehead atoms. The number of carbonyl (C=O) groups excluding carboxylic acids is 1. The van der Waals surface area contributed by atoms with Crippen molar-refractivity contribution >= 4 is 17.4 Å². The van der Waals surface area contributed by atoms with Crippen molar-refractivity contribution in [2.45, 2.75) is 20.8 Å². The first-order valence-electron chi connectivity index (χ1n) is 4.89. The molecule has 2 nitrogen and oxygen atoms in total. The Labute approximate surface area is 95.4 Å². The van der Waals surface area contributed by atoms with Crippen LogP contribution in [0.2, 0.25) is 5.02 Å². The van der Waals surface area contributed by atoms with E-state index in [2.05, 4.69) is 0 Å². The molecule has 0 unspecified atom stereocenters. The standard InChI is InChI=1S/C12H16ClNO/c1-8-4-5-9(6-10(8)13)11(15)12(2,3)7-14/h4-6H,7,14H2,1-3H3. The largest absolute Gasteiger partial charge is 0.329 e. The summed E-state index contributed by atoms with van der Waals surface area (Å²) in [5.74, 6) is 0.0342. The summed E-state index contributed by atoms with van der Waals surface area (Å²) in [7, 11) is 0. The molecular weight excluding hydrogens is 210 g/mol.